The molecule has 4 N–H and O–H groups in total. The van der Waals surface area contributed by atoms with Gasteiger partial charge in [0.15, 0.2) is 0 Å². The van der Waals surface area contributed by atoms with Crippen LogP contribution in [0, 0.1) is 5.41 Å². The lowest BCUT2D eigenvalue weighted by Gasteiger charge is -2.11. The van der Waals surface area contributed by atoms with Gasteiger partial charge in [-0.15, -0.1) is 11.3 Å². The maximum Gasteiger partial charge on any atom is 0.0717 e. The standard InChI is InChI=1S/C16H19N3OS/c17-16-12-3-2-11(9-18-5-1-6-20)8-14(12)19-10-15-13(16)4-7-21-15/h2-4,7-8,17-20H,1,5-6,9-10H2. The molecule has 21 heavy (non-hydrogen) atoms. The highest BCUT2D eigenvalue weighted by Gasteiger charge is 2.18. The summed E-state index contributed by atoms with van der Waals surface area (Å²) in [6.45, 7) is 2.60. The van der Waals surface area contributed by atoms with Crippen molar-refractivity contribution in [2.75, 3.05) is 18.5 Å². The Bertz CT molecular complexity index is 651. The molecule has 5 heteroatoms. The fourth-order valence-corrected chi connectivity index (χ4v) is 3.34. The molecule has 0 spiro atoms. The van der Waals surface area contributed by atoms with Gasteiger partial charge in [0.05, 0.1) is 12.3 Å². The van der Waals surface area contributed by atoms with E-state index < -0.39 is 0 Å². The van der Waals surface area contributed by atoms with Crippen molar-refractivity contribution in [3.8, 4) is 0 Å². The van der Waals surface area contributed by atoms with Crippen LogP contribution in [0.25, 0.3) is 0 Å². The van der Waals surface area contributed by atoms with E-state index in [0.717, 1.165) is 42.9 Å². The minimum atomic E-state index is 0.221. The Morgan fingerprint density at radius 2 is 2.19 bits per heavy atom. The molecule has 1 aliphatic rings. The maximum atomic E-state index is 8.77. The summed E-state index contributed by atoms with van der Waals surface area (Å²) in [5, 5.41) is 26.0. The van der Waals surface area contributed by atoms with Gasteiger partial charge in [-0.05, 0) is 36.0 Å². The van der Waals surface area contributed by atoms with E-state index in [2.05, 4.69) is 22.8 Å². The lowest BCUT2D eigenvalue weighted by atomic mass is 10.0. The fourth-order valence-electron chi connectivity index (χ4n) is 2.52. The largest absolute Gasteiger partial charge is 0.396 e. The third kappa shape index (κ3) is 3.00. The number of thiophene rings is 1. The molecular formula is C16H19N3OS. The van der Waals surface area contributed by atoms with Gasteiger partial charge < -0.3 is 15.7 Å². The van der Waals surface area contributed by atoms with Crippen LogP contribution in [0.1, 0.15) is 28.0 Å². The van der Waals surface area contributed by atoms with Crippen molar-refractivity contribution < 1.29 is 5.11 Å². The summed E-state index contributed by atoms with van der Waals surface area (Å²) in [6.07, 6.45) is 0.772. The number of nitrogens with one attached hydrogen (secondary N) is 3. The molecule has 0 atom stereocenters. The Balaban J connectivity index is 1.78. The predicted molar refractivity (Wildman–Crippen MR) is 87.4 cm³/mol. The van der Waals surface area contributed by atoms with E-state index in [4.69, 9.17) is 10.5 Å². The van der Waals surface area contributed by atoms with Crippen molar-refractivity contribution in [1.82, 2.24) is 5.32 Å². The van der Waals surface area contributed by atoms with Crippen molar-refractivity contribution in [2.24, 2.45) is 0 Å². The topological polar surface area (TPSA) is 68.1 Å². The highest BCUT2D eigenvalue weighted by Crippen LogP contribution is 2.29. The first kappa shape index (κ1) is 14.3. The predicted octanol–water partition coefficient (Wildman–Crippen LogP) is 2.56. The molecule has 0 fully saturated rings. The normalized spacial score (nSPS) is 13.3. The molecule has 0 bridgehead atoms. The first-order valence-corrected chi connectivity index (χ1v) is 8.01. The number of hydrogen-bond acceptors (Lipinski definition) is 5. The molecule has 110 valence electrons. The average Bonchev–Trinajstić information content (AvgIpc) is 2.93. The number of fused-ring (bicyclic) bond motifs is 2. The van der Waals surface area contributed by atoms with Crippen LogP contribution in [0.5, 0.6) is 0 Å². The minimum Gasteiger partial charge on any atom is -0.396 e. The number of aliphatic hydroxyl groups excluding tert-OH is 1. The van der Waals surface area contributed by atoms with Gasteiger partial charge in [-0.25, -0.2) is 0 Å². The van der Waals surface area contributed by atoms with Crippen LogP contribution in [0.15, 0.2) is 29.6 Å². The van der Waals surface area contributed by atoms with Crippen LogP contribution in [0.3, 0.4) is 0 Å². The van der Waals surface area contributed by atoms with Gasteiger partial charge in [-0.3, -0.25) is 5.41 Å². The molecule has 0 radical (unpaired) electrons. The van der Waals surface area contributed by atoms with Crippen molar-refractivity contribution in [1.29, 1.82) is 5.41 Å². The maximum absolute atomic E-state index is 8.77. The Labute approximate surface area is 128 Å². The number of aliphatic hydroxyl groups is 1. The second kappa shape index (κ2) is 6.39. The quantitative estimate of drug-likeness (QED) is 0.642. The molecule has 3 rings (SSSR count). The van der Waals surface area contributed by atoms with Crippen molar-refractivity contribution in [3.05, 3.63) is 51.2 Å². The molecule has 0 unspecified atom stereocenters. The second-order valence-electron chi connectivity index (χ2n) is 5.12. The SMILES string of the molecule is N=C1c2ccc(CNCCCO)cc2NCc2sccc21. The van der Waals surface area contributed by atoms with E-state index in [1.54, 1.807) is 11.3 Å². The zero-order valence-electron chi connectivity index (χ0n) is 11.8. The Kier molecular flexibility index (Phi) is 4.34. The third-order valence-corrected chi connectivity index (χ3v) is 4.57. The number of benzene rings is 1. The van der Waals surface area contributed by atoms with Gasteiger partial charge in [0.1, 0.15) is 0 Å². The summed E-state index contributed by atoms with van der Waals surface area (Å²) in [5.74, 6) is 0. The molecule has 0 amide bonds. The molecule has 2 heterocycles. The van der Waals surface area contributed by atoms with Gasteiger partial charge in [-0.2, -0.15) is 0 Å². The molecule has 2 aromatic rings. The summed E-state index contributed by atoms with van der Waals surface area (Å²) >= 11 is 1.70. The monoisotopic (exact) mass is 301 g/mol. The van der Waals surface area contributed by atoms with Gasteiger partial charge in [0.2, 0.25) is 0 Å². The third-order valence-electron chi connectivity index (χ3n) is 3.65. The summed E-state index contributed by atoms with van der Waals surface area (Å²) < 4.78 is 0. The second-order valence-corrected chi connectivity index (χ2v) is 6.12. The van der Waals surface area contributed by atoms with E-state index in [9.17, 15) is 0 Å². The average molecular weight is 301 g/mol. The summed E-state index contributed by atoms with van der Waals surface area (Å²) in [5.41, 5.74) is 4.83. The first-order chi connectivity index (χ1) is 10.3. The smallest absolute Gasteiger partial charge is 0.0717 e. The van der Waals surface area contributed by atoms with E-state index >= 15 is 0 Å². The summed E-state index contributed by atoms with van der Waals surface area (Å²) in [7, 11) is 0. The number of hydrogen-bond donors (Lipinski definition) is 4. The van der Waals surface area contributed by atoms with Crippen LogP contribution >= 0.6 is 11.3 Å². The van der Waals surface area contributed by atoms with Crippen molar-refractivity contribution >= 4 is 22.7 Å². The number of rotatable bonds is 5. The van der Waals surface area contributed by atoms with E-state index in [-0.39, 0.29) is 6.61 Å². The van der Waals surface area contributed by atoms with Crippen molar-refractivity contribution in [2.45, 2.75) is 19.5 Å². The lowest BCUT2D eigenvalue weighted by Crippen LogP contribution is -2.16. The van der Waals surface area contributed by atoms with E-state index in [1.165, 1.54) is 10.4 Å². The first-order valence-electron chi connectivity index (χ1n) is 7.13. The molecular weight excluding hydrogens is 282 g/mol. The van der Waals surface area contributed by atoms with Crippen LogP contribution in [-0.2, 0) is 13.1 Å². The Morgan fingerprint density at radius 1 is 1.29 bits per heavy atom. The molecule has 0 saturated carbocycles. The van der Waals surface area contributed by atoms with Gasteiger partial charge in [0, 0.05) is 34.8 Å². The van der Waals surface area contributed by atoms with Crippen LogP contribution in [0.4, 0.5) is 5.69 Å². The Morgan fingerprint density at radius 3 is 3.05 bits per heavy atom. The molecule has 1 aromatic carbocycles. The van der Waals surface area contributed by atoms with E-state index in [1.807, 2.05) is 17.5 Å². The molecule has 0 aliphatic carbocycles. The molecule has 0 saturated heterocycles. The highest BCUT2D eigenvalue weighted by atomic mass is 32.1. The van der Waals surface area contributed by atoms with Crippen molar-refractivity contribution in [3.63, 3.8) is 0 Å². The van der Waals surface area contributed by atoms with Crippen LogP contribution < -0.4 is 10.6 Å². The minimum absolute atomic E-state index is 0.221. The van der Waals surface area contributed by atoms with E-state index in [0.29, 0.717) is 5.71 Å². The lowest BCUT2D eigenvalue weighted by molar-refractivity contribution is 0.286. The zero-order chi connectivity index (χ0) is 14.7. The molecule has 1 aliphatic heterocycles. The Hall–Kier alpha value is -1.69. The summed E-state index contributed by atoms with van der Waals surface area (Å²) in [4.78, 5) is 1.22. The van der Waals surface area contributed by atoms with Gasteiger partial charge >= 0.3 is 0 Å². The number of anilines is 1. The molecule has 4 nitrogen and oxygen atoms in total. The fraction of sp³-hybridized carbons (Fsp3) is 0.312. The summed E-state index contributed by atoms with van der Waals surface area (Å²) in [6, 6.07) is 8.24. The highest BCUT2D eigenvalue weighted by molar-refractivity contribution is 7.10. The zero-order valence-corrected chi connectivity index (χ0v) is 12.6. The van der Waals surface area contributed by atoms with Crippen LogP contribution in [0.2, 0.25) is 0 Å². The van der Waals surface area contributed by atoms with Crippen LogP contribution in [-0.4, -0.2) is 24.0 Å². The van der Waals surface area contributed by atoms with Gasteiger partial charge in [0.25, 0.3) is 0 Å². The molecule has 1 aromatic heterocycles. The van der Waals surface area contributed by atoms with Gasteiger partial charge in [-0.1, -0.05) is 12.1 Å².